The number of rotatable bonds is 5. The van der Waals surface area contributed by atoms with Gasteiger partial charge in [0.2, 0.25) is 0 Å². The third kappa shape index (κ3) is 3.23. The van der Waals surface area contributed by atoms with E-state index >= 15 is 0 Å². The normalized spacial score (nSPS) is 10.2. The van der Waals surface area contributed by atoms with E-state index in [2.05, 4.69) is 6.92 Å². The number of nitrogens with zero attached hydrogens (tertiary/aromatic N) is 1. The van der Waals surface area contributed by atoms with Crippen molar-refractivity contribution in [3.05, 3.63) is 34.2 Å². The van der Waals surface area contributed by atoms with E-state index in [0.29, 0.717) is 6.54 Å². The molecule has 0 bridgehead atoms. The zero-order valence-electron chi connectivity index (χ0n) is 8.77. The van der Waals surface area contributed by atoms with Crippen LogP contribution in [0.2, 0.25) is 0 Å². The molecule has 1 rings (SSSR count). The summed E-state index contributed by atoms with van der Waals surface area (Å²) in [6.07, 6.45) is 4.67. The Morgan fingerprint density at radius 3 is 2.73 bits per heavy atom. The average molecular weight is 209 g/mol. The van der Waals surface area contributed by atoms with E-state index in [4.69, 9.17) is 5.11 Å². The molecule has 0 radical (unpaired) electrons. The zero-order chi connectivity index (χ0) is 11.3. The Bertz CT molecular complexity index is 395. The summed E-state index contributed by atoms with van der Waals surface area (Å²) in [5.74, 6) is -1.06. The van der Waals surface area contributed by atoms with Gasteiger partial charge in [-0.2, -0.15) is 0 Å². The second-order valence-corrected chi connectivity index (χ2v) is 3.46. The number of aromatic nitrogens is 1. The van der Waals surface area contributed by atoms with Gasteiger partial charge in [-0.1, -0.05) is 19.8 Å². The molecule has 0 amide bonds. The Morgan fingerprint density at radius 2 is 2.20 bits per heavy atom. The minimum atomic E-state index is -1.06. The minimum absolute atomic E-state index is 0.0479. The summed E-state index contributed by atoms with van der Waals surface area (Å²) >= 11 is 0. The van der Waals surface area contributed by atoms with Gasteiger partial charge in [-0.25, -0.2) is 4.79 Å². The third-order valence-electron chi connectivity index (χ3n) is 2.25. The van der Waals surface area contributed by atoms with E-state index in [9.17, 15) is 9.59 Å². The number of carboxylic acids is 1. The molecule has 0 saturated carbocycles. The van der Waals surface area contributed by atoms with Gasteiger partial charge in [0.1, 0.15) is 0 Å². The average Bonchev–Trinajstić information content (AvgIpc) is 2.20. The first-order valence-electron chi connectivity index (χ1n) is 5.09. The number of carbonyl (C=O) groups is 1. The highest BCUT2D eigenvalue weighted by Gasteiger charge is 2.04. The van der Waals surface area contributed by atoms with Gasteiger partial charge < -0.3 is 9.67 Å². The van der Waals surface area contributed by atoms with Gasteiger partial charge in [0, 0.05) is 18.8 Å². The van der Waals surface area contributed by atoms with E-state index in [1.165, 1.54) is 6.07 Å². The highest BCUT2D eigenvalue weighted by Crippen LogP contribution is 1.98. The Kier molecular flexibility index (Phi) is 4.09. The van der Waals surface area contributed by atoms with Crippen LogP contribution in [-0.4, -0.2) is 15.6 Å². The SMILES string of the molecule is CCCCCn1ccc(C(=O)O)cc1=O. The van der Waals surface area contributed by atoms with Gasteiger partial charge in [0.15, 0.2) is 0 Å². The highest BCUT2D eigenvalue weighted by atomic mass is 16.4. The summed E-state index contributed by atoms with van der Waals surface area (Å²) in [6.45, 7) is 2.75. The fraction of sp³-hybridized carbons (Fsp3) is 0.455. The van der Waals surface area contributed by atoms with Crippen LogP contribution in [0.4, 0.5) is 0 Å². The molecule has 0 fully saturated rings. The summed E-state index contributed by atoms with van der Waals surface area (Å²) in [4.78, 5) is 22.0. The predicted molar refractivity (Wildman–Crippen MR) is 57.2 cm³/mol. The van der Waals surface area contributed by atoms with Crippen LogP contribution in [0.3, 0.4) is 0 Å². The lowest BCUT2D eigenvalue weighted by Crippen LogP contribution is -2.20. The smallest absolute Gasteiger partial charge is 0.335 e. The van der Waals surface area contributed by atoms with Crippen molar-refractivity contribution in [1.29, 1.82) is 0 Å². The highest BCUT2D eigenvalue weighted by molar-refractivity contribution is 5.87. The van der Waals surface area contributed by atoms with Crippen LogP contribution in [0.15, 0.2) is 23.1 Å². The van der Waals surface area contributed by atoms with Crippen LogP contribution in [0.25, 0.3) is 0 Å². The van der Waals surface area contributed by atoms with Crippen molar-refractivity contribution >= 4 is 5.97 Å². The summed E-state index contributed by atoms with van der Waals surface area (Å²) < 4.78 is 1.54. The molecule has 1 aromatic heterocycles. The molecule has 0 atom stereocenters. The van der Waals surface area contributed by atoms with Crippen LogP contribution in [0.5, 0.6) is 0 Å². The molecular formula is C11H15NO3. The number of pyridine rings is 1. The Labute approximate surface area is 88.2 Å². The van der Waals surface area contributed by atoms with Crippen molar-refractivity contribution in [3.63, 3.8) is 0 Å². The maximum absolute atomic E-state index is 11.4. The van der Waals surface area contributed by atoms with Crippen molar-refractivity contribution in [2.45, 2.75) is 32.7 Å². The molecule has 4 nitrogen and oxygen atoms in total. The number of hydrogen-bond acceptors (Lipinski definition) is 2. The molecule has 0 unspecified atom stereocenters. The number of aryl methyl sites for hydroxylation is 1. The first kappa shape index (κ1) is 11.5. The summed E-state index contributed by atoms with van der Waals surface area (Å²) in [5, 5.41) is 8.67. The van der Waals surface area contributed by atoms with Crippen LogP contribution in [-0.2, 0) is 6.54 Å². The predicted octanol–water partition coefficient (Wildman–Crippen LogP) is 1.74. The van der Waals surface area contributed by atoms with Crippen molar-refractivity contribution in [3.8, 4) is 0 Å². The lowest BCUT2D eigenvalue weighted by molar-refractivity contribution is 0.0696. The van der Waals surface area contributed by atoms with E-state index in [1.54, 1.807) is 10.8 Å². The van der Waals surface area contributed by atoms with Crippen molar-refractivity contribution in [1.82, 2.24) is 4.57 Å². The second-order valence-electron chi connectivity index (χ2n) is 3.46. The summed E-state index contributed by atoms with van der Waals surface area (Å²) in [5.41, 5.74) is -0.197. The van der Waals surface area contributed by atoms with Gasteiger partial charge in [-0.05, 0) is 12.5 Å². The maximum Gasteiger partial charge on any atom is 0.335 e. The number of hydrogen-bond donors (Lipinski definition) is 1. The van der Waals surface area contributed by atoms with E-state index in [1.807, 2.05) is 0 Å². The van der Waals surface area contributed by atoms with Crippen molar-refractivity contribution < 1.29 is 9.90 Å². The van der Waals surface area contributed by atoms with Gasteiger partial charge in [-0.15, -0.1) is 0 Å². The van der Waals surface area contributed by atoms with E-state index in [-0.39, 0.29) is 11.1 Å². The summed E-state index contributed by atoms with van der Waals surface area (Å²) in [7, 11) is 0. The molecule has 0 saturated heterocycles. The van der Waals surface area contributed by atoms with Gasteiger partial charge in [-0.3, -0.25) is 4.79 Å². The topological polar surface area (TPSA) is 59.3 Å². The van der Waals surface area contributed by atoms with Crippen LogP contribution < -0.4 is 5.56 Å². The third-order valence-corrected chi connectivity index (χ3v) is 2.25. The molecule has 15 heavy (non-hydrogen) atoms. The zero-order valence-corrected chi connectivity index (χ0v) is 8.77. The minimum Gasteiger partial charge on any atom is -0.478 e. The molecule has 1 aromatic rings. The molecule has 0 aliphatic heterocycles. The standard InChI is InChI=1S/C11H15NO3/c1-2-3-4-6-12-7-5-9(11(14)15)8-10(12)13/h5,7-8H,2-4,6H2,1H3,(H,14,15). The number of carboxylic acid groups (broad SMARTS) is 1. The molecule has 0 spiro atoms. The van der Waals surface area contributed by atoms with Crippen LogP contribution in [0, 0.1) is 0 Å². The Balaban J connectivity index is 2.75. The van der Waals surface area contributed by atoms with Gasteiger partial charge >= 0.3 is 5.97 Å². The molecule has 82 valence electrons. The Hall–Kier alpha value is -1.58. The lowest BCUT2D eigenvalue weighted by Gasteiger charge is -2.04. The van der Waals surface area contributed by atoms with E-state index < -0.39 is 5.97 Å². The molecule has 4 heteroatoms. The quantitative estimate of drug-likeness (QED) is 0.751. The molecular weight excluding hydrogens is 194 g/mol. The first-order chi connectivity index (χ1) is 7.15. The Morgan fingerprint density at radius 1 is 1.47 bits per heavy atom. The first-order valence-corrected chi connectivity index (χ1v) is 5.09. The molecule has 1 N–H and O–H groups in total. The molecule has 1 heterocycles. The van der Waals surface area contributed by atoms with Crippen LogP contribution in [0.1, 0.15) is 36.5 Å². The number of aromatic carboxylic acids is 1. The van der Waals surface area contributed by atoms with Gasteiger partial charge in [0.25, 0.3) is 5.56 Å². The molecule has 0 aromatic carbocycles. The number of unbranched alkanes of at least 4 members (excludes halogenated alkanes) is 2. The lowest BCUT2D eigenvalue weighted by atomic mass is 10.2. The van der Waals surface area contributed by atoms with Crippen molar-refractivity contribution in [2.24, 2.45) is 0 Å². The second kappa shape index (κ2) is 5.34. The fourth-order valence-corrected chi connectivity index (χ4v) is 1.36. The maximum atomic E-state index is 11.4. The van der Waals surface area contributed by atoms with Crippen LogP contribution >= 0.6 is 0 Å². The largest absolute Gasteiger partial charge is 0.478 e. The van der Waals surface area contributed by atoms with Crippen molar-refractivity contribution in [2.75, 3.05) is 0 Å². The summed E-state index contributed by atoms with van der Waals surface area (Å²) in [6, 6.07) is 2.62. The molecule has 0 aliphatic carbocycles. The molecule has 0 aliphatic rings. The monoisotopic (exact) mass is 209 g/mol. The van der Waals surface area contributed by atoms with E-state index in [0.717, 1.165) is 25.3 Å². The fourth-order valence-electron chi connectivity index (χ4n) is 1.36. The van der Waals surface area contributed by atoms with Gasteiger partial charge in [0.05, 0.1) is 5.56 Å².